The molecule has 2 fully saturated rings. The van der Waals surface area contributed by atoms with Crippen molar-refractivity contribution in [2.45, 2.75) is 50.6 Å². The normalized spacial score (nSPS) is 20.4. The van der Waals surface area contributed by atoms with Crippen LogP contribution in [0.5, 0.6) is 0 Å². The molecule has 43 heavy (non-hydrogen) atoms. The van der Waals surface area contributed by atoms with Gasteiger partial charge in [-0.15, -0.1) is 0 Å². The van der Waals surface area contributed by atoms with E-state index in [0.717, 1.165) is 12.3 Å². The molecule has 0 spiro atoms. The minimum absolute atomic E-state index is 0.0476. The number of nitrogens with two attached hydrogens (primary N) is 1. The van der Waals surface area contributed by atoms with Gasteiger partial charge in [0.15, 0.2) is 11.5 Å². The van der Waals surface area contributed by atoms with Crippen LogP contribution in [0.15, 0.2) is 28.4 Å². The van der Waals surface area contributed by atoms with Crippen LogP contribution in [0.3, 0.4) is 0 Å². The van der Waals surface area contributed by atoms with E-state index in [4.69, 9.17) is 17.3 Å². The molecule has 0 bridgehead atoms. The molecule has 2 amide bonds. The van der Waals surface area contributed by atoms with E-state index in [1.807, 2.05) is 0 Å². The van der Waals surface area contributed by atoms with Crippen LogP contribution in [0.1, 0.15) is 31.9 Å². The molecule has 4 rings (SSSR count). The number of piperidine rings is 1. The summed E-state index contributed by atoms with van der Waals surface area (Å²) < 4.78 is 108. The molecule has 1 aliphatic heterocycles. The molecular weight excluding hydrogens is 616 g/mol. The summed E-state index contributed by atoms with van der Waals surface area (Å²) >= 11 is 5.81. The maximum absolute atomic E-state index is 15.3. The van der Waals surface area contributed by atoms with Gasteiger partial charge in [-0.2, -0.15) is 26.3 Å². The zero-order valence-corrected chi connectivity index (χ0v) is 23.1. The van der Waals surface area contributed by atoms with Crippen LogP contribution >= 0.6 is 11.6 Å². The number of nitrogens with one attached hydrogen (secondary N) is 2. The third-order valence-electron chi connectivity index (χ3n) is 6.88. The van der Waals surface area contributed by atoms with Gasteiger partial charge in [-0.25, -0.2) is 13.8 Å². The summed E-state index contributed by atoms with van der Waals surface area (Å²) in [6.45, 7) is -0.538. The summed E-state index contributed by atoms with van der Waals surface area (Å²) in [4.78, 5) is 33.2. The minimum atomic E-state index is -5.24. The van der Waals surface area contributed by atoms with E-state index >= 15 is 4.39 Å². The third-order valence-corrected chi connectivity index (χ3v) is 7.17. The molecule has 1 aromatic carbocycles. The molecule has 8 nitrogen and oxygen atoms in total. The Bertz CT molecular complexity index is 1490. The first kappa shape index (κ1) is 32.2. The van der Waals surface area contributed by atoms with Gasteiger partial charge in [-0.05, 0) is 31.2 Å². The third kappa shape index (κ3) is 7.83. The number of carbonyl (C=O) groups is 2. The fraction of sp³-hybridized carbons (Fsp3) is 0.462. The maximum Gasteiger partial charge on any atom is 0.436 e. The molecule has 234 valence electrons. The van der Waals surface area contributed by atoms with Crippen LogP contribution in [0.4, 0.5) is 40.8 Å². The second kappa shape index (κ2) is 12.1. The van der Waals surface area contributed by atoms with Crippen molar-refractivity contribution >= 4 is 46.2 Å². The number of halogens is 9. The standard InChI is InChI=1S/C26H25ClF8N6O2/c1-11(42)41-8-13(38-22-15-5-17(27)18(28)6-19(15)40-23(20(22)29)26(33,34)35)4-14(9-41)39-24(43)16(21(36)12-2-3-12)7-37-10-25(30,31)32/h5-7,12-14H,2-4,8-10,36H2,1H3,(H,38,40)(H,39,43)/b21-16+,37-7?/t13-,14+/m1/s1. The van der Waals surface area contributed by atoms with E-state index in [9.17, 15) is 40.3 Å². The molecule has 1 saturated heterocycles. The number of hydrogen-bond acceptors (Lipinski definition) is 6. The van der Waals surface area contributed by atoms with E-state index < -0.39 is 76.4 Å². The summed E-state index contributed by atoms with van der Waals surface area (Å²) in [5, 5.41) is 4.47. The van der Waals surface area contributed by atoms with Crippen LogP contribution in [0.2, 0.25) is 5.02 Å². The summed E-state index contributed by atoms with van der Waals surface area (Å²) in [5.41, 5.74) is 2.64. The number of fused-ring (bicyclic) bond motifs is 1. The van der Waals surface area contributed by atoms with Crippen molar-refractivity contribution in [2.75, 3.05) is 25.0 Å². The highest BCUT2D eigenvalue weighted by atomic mass is 35.5. The molecule has 0 radical (unpaired) electrons. The number of likely N-dealkylation sites (tertiary alicyclic amines) is 1. The Morgan fingerprint density at radius 1 is 1.14 bits per heavy atom. The molecule has 2 aliphatic rings. The Balaban J connectivity index is 1.64. The Kier molecular flexibility index (Phi) is 9.09. The summed E-state index contributed by atoms with van der Waals surface area (Å²) in [6.07, 6.45) is -7.93. The van der Waals surface area contributed by atoms with Gasteiger partial charge in [0.2, 0.25) is 5.91 Å². The maximum atomic E-state index is 15.3. The van der Waals surface area contributed by atoms with Gasteiger partial charge >= 0.3 is 12.4 Å². The number of benzene rings is 1. The highest BCUT2D eigenvalue weighted by Crippen LogP contribution is 2.39. The van der Waals surface area contributed by atoms with E-state index in [1.165, 1.54) is 11.8 Å². The molecule has 0 unspecified atom stereocenters. The first-order valence-corrected chi connectivity index (χ1v) is 13.3. The van der Waals surface area contributed by atoms with Gasteiger partial charge in [0.05, 0.1) is 21.8 Å². The number of carbonyl (C=O) groups excluding carboxylic acids is 2. The van der Waals surface area contributed by atoms with Gasteiger partial charge in [0.25, 0.3) is 5.91 Å². The molecule has 2 atom stereocenters. The Morgan fingerprint density at radius 2 is 1.79 bits per heavy atom. The van der Waals surface area contributed by atoms with E-state index in [-0.39, 0.29) is 42.1 Å². The highest BCUT2D eigenvalue weighted by molar-refractivity contribution is 6.31. The SMILES string of the molecule is CC(=O)N1C[C@@H](NC(=O)/C(C=NCC(F)(F)F)=C(/N)C2CC2)C[C@@H](Nc2c(F)c(C(F)(F)F)nc3cc(F)c(Cl)cc23)C1. The van der Waals surface area contributed by atoms with Crippen LogP contribution < -0.4 is 16.4 Å². The monoisotopic (exact) mass is 640 g/mol. The topological polar surface area (TPSA) is 113 Å². The largest absolute Gasteiger partial charge is 0.436 e. The highest BCUT2D eigenvalue weighted by Gasteiger charge is 2.39. The zero-order chi connectivity index (χ0) is 31.9. The van der Waals surface area contributed by atoms with E-state index in [1.54, 1.807) is 0 Å². The van der Waals surface area contributed by atoms with Crippen molar-refractivity contribution in [2.24, 2.45) is 16.6 Å². The molecule has 1 saturated carbocycles. The van der Waals surface area contributed by atoms with Crippen molar-refractivity contribution in [1.29, 1.82) is 0 Å². The first-order chi connectivity index (χ1) is 19.9. The lowest BCUT2D eigenvalue weighted by molar-refractivity contribution is -0.143. The predicted octanol–water partition coefficient (Wildman–Crippen LogP) is 4.96. The number of aliphatic imine (C=N–C) groups is 1. The molecule has 2 heterocycles. The molecule has 1 aliphatic carbocycles. The number of rotatable bonds is 7. The van der Waals surface area contributed by atoms with Crippen LogP contribution in [-0.2, 0) is 15.8 Å². The van der Waals surface area contributed by atoms with Crippen molar-refractivity contribution in [1.82, 2.24) is 15.2 Å². The van der Waals surface area contributed by atoms with Gasteiger partial charge < -0.3 is 21.3 Å². The predicted molar refractivity (Wildman–Crippen MR) is 141 cm³/mol. The Morgan fingerprint density at radius 3 is 2.37 bits per heavy atom. The lowest BCUT2D eigenvalue weighted by Crippen LogP contribution is -2.56. The lowest BCUT2D eigenvalue weighted by atomic mass is 9.98. The molecule has 2 aromatic rings. The number of alkyl halides is 6. The summed E-state index contributed by atoms with van der Waals surface area (Å²) in [7, 11) is 0. The number of anilines is 1. The number of allylic oxidation sites excluding steroid dienone is 1. The van der Waals surface area contributed by atoms with Crippen molar-refractivity contribution in [3.63, 3.8) is 0 Å². The van der Waals surface area contributed by atoms with Crippen LogP contribution in [0, 0.1) is 17.6 Å². The van der Waals surface area contributed by atoms with Gasteiger partial charge in [-0.1, -0.05) is 11.6 Å². The fourth-order valence-corrected chi connectivity index (χ4v) is 4.88. The van der Waals surface area contributed by atoms with E-state index in [0.29, 0.717) is 18.9 Å². The lowest BCUT2D eigenvalue weighted by Gasteiger charge is -2.38. The molecule has 1 aromatic heterocycles. The molecule has 17 heteroatoms. The number of nitrogens with zero attached hydrogens (tertiary/aromatic N) is 3. The second-order valence-electron chi connectivity index (χ2n) is 10.3. The smallest absolute Gasteiger partial charge is 0.401 e. The minimum Gasteiger partial charge on any atom is -0.401 e. The van der Waals surface area contributed by atoms with Gasteiger partial charge in [0.1, 0.15) is 12.4 Å². The molecule has 4 N–H and O–H groups in total. The second-order valence-corrected chi connectivity index (χ2v) is 10.7. The van der Waals surface area contributed by atoms with Crippen molar-refractivity contribution in [3.05, 3.63) is 45.8 Å². The Labute approximate surface area is 244 Å². The molecular formula is C26H25ClF8N6O2. The average molecular weight is 641 g/mol. The Hall–Kier alpha value is -3.69. The fourth-order valence-electron chi connectivity index (χ4n) is 4.72. The summed E-state index contributed by atoms with van der Waals surface area (Å²) in [5.74, 6) is -4.43. The average Bonchev–Trinajstić information content (AvgIpc) is 3.73. The van der Waals surface area contributed by atoms with Gasteiger partial charge in [0, 0.05) is 55.5 Å². The number of hydrogen-bond donors (Lipinski definition) is 3. The quantitative estimate of drug-likeness (QED) is 0.225. The van der Waals surface area contributed by atoms with Crippen molar-refractivity contribution in [3.8, 4) is 0 Å². The number of pyridine rings is 1. The van der Waals surface area contributed by atoms with Gasteiger partial charge in [-0.3, -0.25) is 14.6 Å². The number of aromatic nitrogens is 1. The zero-order valence-electron chi connectivity index (χ0n) is 22.3. The number of amides is 2. The first-order valence-electron chi connectivity index (χ1n) is 12.9. The van der Waals surface area contributed by atoms with E-state index in [2.05, 4.69) is 20.6 Å². The summed E-state index contributed by atoms with van der Waals surface area (Å²) in [6, 6.07) is -0.310. The van der Waals surface area contributed by atoms with Crippen LogP contribution in [0.25, 0.3) is 10.9 Å². The van der Waals surface area contributed by atoms with Crippen LogP contribution in [-0.4, -0.2) is 65.8 Å². The van der Waals surface area contributed by atoms with Crippen molar-refractivity contribution < 1.29 is 44.7 Å².